The van der Waals surface area contributed by atoms with Crippen LogP contribution in [0.5, 0.6) is 0 Å². The molecule has 2 aromatic carbocycles. The lowest BCUT2D eigenvalue weighted by Gasteiger charge is -2.48. The van der Waals surface area contributed by atoms with E-state index in [4.69, 9.17) is 18.1 Å². The standard InChI is InChI=1S/C30H41FN4OSSi.C27H39FN2O4SSi/c1-21(37-27-18-32-34(5)19-27)22-8-9-24-14-28-23(17-33-35(28)26-12-10-25(31)11-13-26)16-30(24,15-22)20-36-38(6,7)29(2,3)4;1-19(34-35(5,31)32)20-8-9-22-14-25-21(17-29-30(25)24-12-10-23(28)11-13-24)16-27(22,15-20)18-33-36(6,7)26(2,3)4/h10-14,17-19,21-22H,8-9,15-16,20H2,1-7H3;10-14,17,19-20H,8-9,15-16,18H2,1-7H3/t21?,22-,30-;19?,20-,27-/m00/s1. The smallest absolute Gasteiger partial charge is 0.264 e. The highest BCUT2D eigenvalue weighted by molar-refractivity contribution is 8.00. The second-order valence-corrected chi connectivity index (χ2v) is 37.6. The normalized spacial score (nSPS) is 23.0. The topological polar surface area (TPSA) is 115 Å². The molecule has 11 nitrogen and oxygen atoms in total. The first-order chi connectivity index (χ1) is 34.5. The fourth-order valence-electron chi connectivity index (χ4n) is 10.9. The molecular weight excluding hydrogens is 1010 g/mol. The van der Waals surface area contributed by atoms with Crippen molar-refractivity contribution < 1.29 is 30.2 Å². The number of rotatable bonds is 14. The van der Waals surface area contributed by atoms with Gasteiger partial charge in [-0.2, -0.15) is 23.7 Å². The number of thioether (sulfide) groups is 1. The van der Waals surface area contributed by atoms with E-state index >= 15 is 0 Å². The second-order valence-electron chi connectivity index (χ2n) is 24.9. The molecule has 3 heterocycles. The molecule has 2 saturated carbocycles. The molecule has 5 aromatic rings. The maximum atomic E-state index is 13.6. The van der Waals surface area contributed by atoms with Gasteiger partial charge in [-0.05, 0) is 178 Å². The molecule has 2 unspecified atom stereocenters. The molecule has 0 saturated heterocycles. The second kappa shape index (κ2) is 21.1. The van der Waals surface area contributed by atoms with Crippen molar-refractivity contribution in [2.24, 2.45) is 29.7 Å². The van der Waals surface area contributed by atoms with Crippen LogP contribution in [0.25, 0.3) is 23.5 Å². The molecule has 0 N–H and O–H groups in total. The monoisotopic (exact) mass is 1090 g/mol. The molecule has 0 spiro atoms. The number of benzene rings is 2. The minimum absolute atomic E-state index is 0.0220. The minimum Gasteiger partial charge on any atom is -0.416 e. The first kappa shape index (κ1) is 56.2. The van der Waals surface area contributed by atoms with E-state index in [2.05, 4.69) is 103 Å². The SMILES string of the molecule is CC(OS(C)(=O)=O)[C@H]1CCC2=Cc3c(cnn3-c3ccc(F)cc3)C[C@]2(CO[Si](C)(C)C(C)(C)C)C1.CC(Sc1cnn(C)c1)[C@H]1CCC2=Cc3c(cnn3-c3ccc(F)cc3)C[C@]2(CO[Si](C)(C)C(C)(C)C)C1. The van der Waals surface area contributed by atoms with Crippen molar-refractivity contribution >= 4 is 50.7 Å². The van der Waals surface area contributed by atoms with Crippen molar-refractivity contribution in [3.63, 3.8) is 0 Å². The Hall–Kier alpha value is -3.98. The summed E-state index contributed by atoms with van der Waals surface area (Å²) >= 11 is 1.94. The molecule has 0 amide bonds. The third-order valence-electron chi connectivity index (χ3n) is 17.5. The highest BCUT2D eigenvalue weighted by Crippen LogP contribution is 2.55. The molecule has 0 aliphatic heterocycles. The Bertz CT molecular complexity index is 2970. The molecule has 74 heavy (non-hydrogen) atoms. The summed E-state index contributed by atoms with van der Waals surface area (Å²) in [5.74, 6) is 0.192. The van der Waals surface area contributed by atoms with Crippen LogP contribution in [-0.2, 0) is 43.0 Å². The molecule has 4 aliphatic carbocycles. The van der Waals surface area contributed by atoms with Crippen LogP contribution in [0.2, 0.25) is 36.3 Å². The quantitative estimate of drug-likeness (QED) is 0.0609. The van der Waals surface area contributed by atoms with Crippen molar-refractivity contribution in [1.29, 1.82) is 0 Å². The summed E-state index contributed by atoms with van der Waals surface area (Å²) in [7, 11) is -5.49. The van der Waals surface area contributed by atoms with Crippen LogP contribution in [0.4, 0.5) is 8.78 Å². The molecule has 3 aromatic heterocycles. The number of hydrogen-bond donors (Lipinski definition) is 0. The fourth-order valence-corrected chi connectivity index (χ4v) is 14.9. The number of nitrogens with zero attached hydrogens (tertiary/aromatic N) is 6. The van der Waals surface area contributed by atoms with Crippen LogP contribution in [0.3, 0.4) is 0 Å². The van der Waals surface area contributed by atoms with E-state index in [1.165, 1.54) is 52.3 Å². The van der Waals surface area contributed by atoms with Crippen LogP contribution in [0.1, 0.15) is 116 Å². The zero-order valence-corrected chi connectivity index (χ0v) is 49.9. The van der Waals surface area contributed by atoms with Crippen LogP contribution < -0.4 is 0 Å². The lowest BCUT2D eigenvalue weighted by atomic mass is 9.61. The Morgan fingerprint density at radius 1 is 0.703 bits per heavy atom. The van der Waals surface area contributed by atoms with E-state index < -0.39 is 32.9 Å². The largest absolute Gasteiger partial charge is 0.416 e. The van der Waals surface area contributed by atoms with Gasteiger partial charge in [0.15, 0.2) is 16.6 Å². The first-order valence-corrected chi connectivity index (χ1v) is 34.9. The van der Waals surface area contributed by atoms with Crippen molar-refractivity contribution in [3.05, 3.63) is 119 Å². The summed E-state index contributed by atoms with van der Waals surface area (Å²) in [6.07, 6.45) is 20.9. The van der Waals surface area contributed by atoms with Crippen LogP contribution in [0, 0.1) is 34.3 Å². The van der Waals surface area contributed by atoms with Gasteiger partial charge in [-0.3, -0.25) is 8.86 Å². The Kier molecular flexibility index (Phi) is 16.0. The molecule has 4 aliphatic rings. The number of aryl methyl sites for hydroxylation is 1. The maximum absolute atomic E-state index is 13.6. The van der Waals surface area contributed by atoms with Crippen molar-refractivity contribution in [3.8, 4) is 11.4 Å². The third kappa shape index (κ3) is 12.2. The molecule has 0 radical (unpaired) electrons. The third-order valence-corrected chi connectivity index (χ3v) is 28.4. The van der Waals surface area contributed by atoms with Gasteiger partial charge in [0.1, 0.15) is 11.6 Å². The molecular formula is C57H80F2N6O5S2Si2. The average Bonchev–Trinajstić information content (AvgIpc) is 4.05. The Morgan fingerprint density at radius 2 is 1.14 bits per heavy atom. The van der Waals surface area contributed by atoms with E-state index in [0.29, 0.717) is 17.8 Å². The van der Waals surface area contributed by atoms with E-state index in [0.717, 1.165) is 86.1 Å². The fraction of sp³-hybridized carbons (Fsp3) is 0.561. The van der Waals surface area contributed by atoms with E-state index in [1.807, 2.05) is 58.4 Å². The molecule has 402 valence electrons. The van der Waals surface area contributed by atoms with Crippen LogP contribution in [0.15, 0.2) is 89.4 Å². The zero-order valence-electron chi connectivity index (χ0n) is 46.3. The molecule has 6 atom stereocenters. The van der Waals surface area contributed by atoms with Gasteiger partial charge in [-0.25, -0.2) is 18.1 Å². The van der Waals surface area contributed by atoms with Gasteiger partial charge in [0.05, 0.1) is 53.7 Å². The zero-order chi connectivity index (χ0) is 53.8. The highest BCUT2D eigenvalue weighted by atomic mass is 32.2. The number of halogens is 2. The van der Waals surface area contributed by atoms with Crippen molar-refractivity contribution in [2.75, 3.05) is 19.5 Å². The summed E-state index contributed by atoms with van der Waals surface area (Å²) in [6, 6.07) is 13.0. The highest BCUT2D eigenvalue weighted by Gasteiger charge is 2.50. The van der Waals surface area contributed by atoms with E-state index in [9.17, 15) is 17.2 Å². The van der Waals surface area contributed by atoms with Gasteiger partial charge < -0.3 is 8.85 Å². The predicted molar refractivity (Wildman–Crippen MR) is 300 cm³/mol. The Balaban J connectivity index is 0.000000197. The summed E-state index contributed by atoms with van der Waals surface area (Å²) < 4.78 is 75.7. The molecule has 2 fully saturated rings. The van der Waals surface area contributed by atoms with E-state index in [1.54, 1.807) is 24.3 Å². The molecule has 9 rings (SSSR count). The lowest BCUT2D eigenvalue weighted by Crippen LogP contribution is -2.48. The summed E-state index contributed by atoms with van der Waals surface area (Å²) in [6.45, 7) is 28.5. The predicted octanol–water partition coefficient (Wildman–Crippen LogP) is 13.8. The first-order valence-electron chi connectivity index (χ1n) is 26.4. The van der Waals surface area contributed by atoms with Gasteiger partial charge in [0.25, 0.3) is 10.1 Å². The Labute approximate surface area is 446 Å². The van der Waals surface area contributed by atoms with Gasteiger partial charge in [0, 0.05) is 47.4 Å². The van der Waals surface area contributed by atoms with Gasteiger partial charge in [-0.15, -0.1) is 11.8 Å². The number of aromatic nitrogens is 6. The van der Waals surface area contributed by atoms with Crippen molar-refractivity contribution in [2.45, 2.75) is 159 Å². The summed E-state index contributed by atoms with van der Waals surface area (Å²) in [5, 5.41) is 14.5. The van der Waals surface area contributed by atoms with E-state index in [-0.39, 0.29) is 38.5 Å². The maximum Gasteiger partial charge on any atom is 0.264 e. The number of fused-ring (bicyclic) bond motifs is 4. The lowest BCUT2D eigenvalue weighted by molar-refractivity contribution is 0.0597. The van der Waals surface area contributed by atoms with Gasteiger partial charge >= 0.3 is 0 Å². The molecule has 0 bridgehead atoms. The average molecular weight is 1090 g/mol. The van der Waals surface area contributed by atoms with Crippen molar-refractivity contribution in [1.82, 2.24) is 29.3 Å². The number of hydrogen-bond acceptors (Lipinski definition) is 9. The summed E-state index contributed by atoms with van der Waals surface area (Å²) in [4.78, 5) is 1.24. The Morgan fingerprint density at radius 3 is 1.54 bits per heavy atom. The van der Waals surface area contributed by atoms with Gasteiger partial charge in [0.2, 0.25) is 0 Å². The van der Waals surface area contributed by atoms with Crippen LogP contribution >= 0.6 is 11.8 Å². The minimum atomic E-state index is -3.53. The van der Waals surface area contributed by atoms with Crippen LogP contribution in [-0.4, -0.2) is 85.2 Å². The molecule has 17 heteroatoms. The summed E-state index contributed by atoms with van der Waals surface area (Å²) in [5.41, 5.74) is 8.80. The van der Waals surface area contributed by atoms with Gasteiger partial charge in [-0.1, -0.05) is 59.6 Å².